The van der Waals surface area contributed by atoms with Crippen LogP contribution in [0.5, 0.6) is 0 Å². The molecular weight excluding hydrogens is 411 g/mol. The predicted molar refractivity (Wildman–Crippen MR) is 151 cm³/mol. The summed E-state index contributed by atoms with van der Waals surface area (Å²) >= 11 is 0. The maximum Gasteiger partial charge on any atom is 0.223 e. The van der Waals surface area contributed by atoms with Gasteiger partial charge in [0.15, 0.2) is 0 Å². The van der Waals surface area contributed by atoms with Crippen molar-refractivity contribution in [3.05, 3.63) is 0 Å². The Kier molecular flexibility index (Phi) is 21.6. The molecule has 0 heterocycles. The summed E-state index contributed by atoms with van der Waals surface area (Å²) in [6.07, 6.45) is 30.8. The van der Waals surface area contributed by atoms with Crippen LogP contribution in [0.25, 0.3) is 0 Å². The fraction of sp³-hybridized carbons (Fsp3) is 1.00. The molecule has 31 heavy (non-hydrogen) atoms. The van der Waals surface area contributed by atoms with Crippen molar-refractivity contribution in [3.8, 4) is 0 Å². The monoisotopic (exact) mass is 473 g/mol. The minimum atomic E-state index is -1.51. The molecule has 0 saturated carbocycles. The molecule has 0 aromatic carbocycles. The number of hydrogen-bond donors (Lipinski definition) is 0. The number of rotatable bonds is 24. The van der Waals surface area contributed by atoms with Crippen LogP contribution in [-0.2, 0) is 4.43 Å². The number of hydrogen-bond acceptors (Lipinski definition) is 1. The van der Waals surface area contributed by atoms with Gasteiger partial charge in [-0.2, -0.15) is 0 Å². The van der Waals surface area contributed by atoms with Gasteiger partial charge in [-0.1, -0.05) is 97.8 Å². The summed E-state index contributed by atoms with van der Waals surface area (Å²) in [6.45, 7) is 12.0. The Morgan fingerprint density at radius 1 is 0.484 bits per heavy atom. The van der Waals surface area contributed by atoms with Crippen LogP contribution in [0.2, 0.25) is 13.1 Å². The van der Waals surface area contributed by atoms with Gasteiger partial charge in [0, 0.05) is 14.4 Å². The van der Waals surface area contributed by atoms with Crippen LogP contribution >= 0.6 is 7.26 Å². The van der Waals surface area contributed by atoms with Gasteiger partial charge < -0.3 is 4.43 Å². The molecule has 0 fully saturated rings. The average molecular weight is 474 g/mol. The highest BCUT2D eigenvalue weighted by Crippen LogP contribution is 2.62. The Hall–Kier alpha value is 0.607. The average Bonchev–Trinajstić information content (AvgIpc) is 2.75. The van der Waals surface area contributed by atoms with E-state index in [2.05, 4.69) is 33.9 Å². The van der Waals surface area contributed by atoms with E-state index >= 15 is 0 Å². The first-order valence-electron chi connectivity index (χ1n) is 14.4. The molecular formula is C28H62OPSi+. The molecule has 0 radical (unpaired) electrons. The van der Waals surface area contributed by atoms with E-state index in [1.807, 2.05) is 7.11 Å². The van der Waals surface area contributed by atoms with Crippen molar-refractivity contribution in [1.82, 2.24) is 0 Å². The highest BCUT2D eigenvalue weighted by molar-refractivity contribution is 7.77. The lowest BCUT2D eigenvalue weighted by Crippen LogP contribution is -2.37. The van der Waals surface area contributed by atoms with Crippen molar-refractivity contribution in [3.63, 3.8) is 0 Å². The Morgan fingerprint density at radius 3 is 1.06 bits per heavy atom. The molecule has 0 aromatic rings. The van der Waals surface area contributed by atoms with Crippen molar-refractivity contribution < 1.29 is 4.43 Å². The Labute approximate surface area is 200 Å². The van der Waals surface area contributed by atoms with Gasteiger partial charge in [0.2, 0.25) is 8.32 Å². The molecule has 0 aromatic heterocycles. The lowest BCUT2D eigenvalue weighted by Gasteiger charge is -2.33. The molecule has 0 bridgehead atoms. The van der Waals surface area contributed by atoms with Crippen molar-refractivity contribution in [2.24, 2.45) is 0 Å². The largest absolute Gasteiger partial charge is 0.417 e. The van der Waals surface area contributed by atoms with Crippen molar-refractivity contribution >= 4 is 15.6 Å². The van der Waals surface area contributed by atoms with Crippen molar-refractivity contribution in [2.75, 3.05) is 31.4 Å². The smallest absolute Gasteiger partial charge is 0.223 e. The van der Waals surface area contributed by atoms with Crippen LogP contribution < -0.4 is 0 Å². The molecule has 0 amide bonds. The maximum atomic E-state index is 6.14. The quantitative estimate of drug-likeness (QED) is 0.0769. The summed E-state index contributed by atoms with van der Waals surface area (Å²) in [5.74, 6) is 1.50. The van der Waals surface area contributed by atoms with Gasteiger partial charge in [-0.3, -0.25) is 0 Å². The fourth-order valence-electron chi connectivity index (χ4n) is 5.13. The van der Waals surface area contributed by atoms with Gasteiger partial charge >= 0.3 is 0 Å². The molecule has 0 saturated heterocycles. The molecule has 0 spiro atoms. The lowest BCUT2D eigenvalue weighted by molar-refractivity contribution is 0.409. The first kappa shape index (κ1) is 31.6. The summed E-state index contributed by atoms with van der Waals surface area (Å²) in [6, 6.07) is 0. The second kappa shape index (κ2) is 21.2. The predicted octanol–water partition coefficient (Wildman–Crippen LogP) is 10.5. The standard InChI is InChI=1S/C28H62OPSi/c1-7-10-13-16-19-22-25-30(28-31(5,6)29-4,26-23-20-17-14-11-8-2)27-24-21-18-15-12-9-3/h7-28H2,1-6H3/q+1. The van der Waals surface area contributed by atoms with Crippen molar-refractivity contribution in [1.29, 1.82) is 0 Å². The summed E-state index contributed by atoms with van der Waals surface area (Å²) in [4.78, 5) is 0. The highest BCUT2D eigenvalue weighted by Gasteiger charge is 2.43. The molecule has 0 aliphatic carbocycles. The molecule has 0 rings (SSSR count). The molecule has 188 valence electrons. The topological polar surface area (TPSA) is 9.23 Å². The van der Waals surface area contributed by atoms with E-state index < -0.39 is 15.6 Å². The zero-order chi connectivity index (χ0) is 23.3. The third-order valence-electron chi connectivity index (χ3n) is 7.23. The zero-order valence-electron chi connectivity index (χ0n) is 22.9. The third-order valence-corrected chi connectivity index (χ3v) is 17.9. The molecule has 0 aliphatic heterocycles. The summed E-state index contributed by atoms with van der Waals surface area (Å²) in [7, 11) is -0.370. The first-order valence-corrected chi connectivity index (χ1v) is 20.0. The SMILES string of the molecule is CCCCCCCC[P+](CCCCCCCC)(CCCCCCCC)C[Si](C)(C)OC. The maximum absolute atomic E-state index is 6.14. The van der Waals surface area contributed by atoms with Crippen LogP contribution in [0.4, 0.5) is 0 Å². The summed E-state index contributed by atoms with van der Waals surface area (Å²) in [5, 5.41) is 0. The van der Waals surface area contributed by atoms with Gasteiger partial charge in [0.25, 0.3) is 0 Å². The molecule has 1 nitrogen and oxygen atoms in total. The second-order valence-corrected chi connectivity index (χ2v) is 20.2. The van der Waals surface area contributed by atoms with E-state index in [1.165, 1.54) is 121 Å². The zero-order valence-corrected chi connectivity index (χ0v) is 24.8. The van der Waals surface area contributed by atoms with Gasteiger partial charge in [0.1, 0.15) is 0 Å². The highest BCUT2D eigenvalue weighted by atomic mass is 31.2. The molecule has 0 N–H and O–H groups in total. The van der Waals surface area contributed by atoms with Gasteiger partial charge in [-0.05, 0) is 51.6 Å². The van der Waals surface area contributed by atoms with Crippen LogP contribution in [0.3, 0.4) is 0 Å². The van der Waals surface area contributed by atoms with E-state index in [-0.39, 0.29) is 0 Å². The van der Waals surface area contributed by atoms with Crippen molar-refractivity contribution in [2.45, 2.75) is 149 Å². The second-order valence-electron chi connectivity index (χ2n) is 10.9. The van der Waals surface area contributed by atoms with Gasteiger partial charge in [-0.15, -0.1) is 0 Å². The van der Waals surface area contributed by atoms with E-state index in [1.54, 1.807) is 18.5 Å². The van der Waals surface area contributed by atoms with Crippen LogP contribution in [0.1, 0.15) is 136 Å². The van der Waals surface area contributed by atoms with E-state index in [0.29, 0.717) is 0 Å². The van der Waals surface area contributed by atoms with E-state index in [9.17, 15) is 0 Å². The minimum absolute atomic E-state index is 0.864. The molecule has 0 unspecified atom stereocenters. The van der Waals surface area contributed by atoms with Gasteiger partial charge in [0.05, 0.1) is 24.3 Å². The first-order chi connectivity index (χ1) is 14.9. The van der Waals surface area contributed by atoms with Crippen LogP contribution in [-0.4, -0.2) is 39.7 Å². The van der Waals surface area contributed by atoms with Crippen LogP contribution in [0, 0.1) is 0 Å². The fourth-order valence-corrected chi connectivity index (χ4v) is 17.4. The third kappa shape index (κ3) is 18.7. The van der Waals surface area contributed by atoms with E-state index in [4.69, 9.17) is 4.43 Å². The molecule has 3 heteroatoms. The summed E-state index contributed by atoms with van der Waals surface area (Å²) < 4.78 is 6.14. The van der Waals surface area contributed by atoms with Gasteiger partial charge in [-0.25, -0.2) is 0 Å². The normalized spacial score (nSPS) is 12.6. The minimum Gasteiger partial charge on any atom is -0.417 e. The lowest BCUT2D eigenvalue weighted by atomic mass is 10.1. The molecule has 0 aliphatic rings. The number of unbranched alkanes of at least 4 members (excludes halogenated alkanes) is 15. The Morgan fingerprint density at radius 2 is 0.774 bits per heavy atom. The Balaban J connectivity index is 4.89. The summed E-state index contributed by atoms with van der Waals surface area (Å²) in [5.41, 5.74) is 0. The van der Waals surface area contributed by atoms with Crippen LogP contribution in [0.15, 0.2) is 0 Å². The van der Waals surface area contributed by atoms with E-state index in [0.717, 1.165) is 0 Å². The molecule has 0 atom stereocenters. The Bertz CT molecular complexity index is 331.